The molecule has 5 heteroatoms. The third kappa shape index (κ3) is 3.81. The van der Waals surface area contributed by atoms with E-state index in [0.717, 1.165) is 11.6 Å². The predicted octanol–water partition coefficient (Wildman–Crippen LogP) is 1.98. The van der Waals surface area contributed by atoms with Gasteiger partial charge in [0, 0.05) is 24.5 Å². The number of hydrogen-bond acceptors (Lipinski definition) is 3. The van der Waals surface area contributed by atoms with Gasteiger partial charge in [-0.3, -0.25) is 16.3 Å². The molecule has 1 heterocycles. The molecule has 0 aliphatic carbocycles. The van der Waals surface area contributed by atoms with Gasteiger partial charge >= 0.3 is 0 Å². The normalized spacial score (nSPS) is 12.4. The zero-order valence-corrected chi connectivity index (χ0v) is 10.3. The first-order valence-corrected chi connectivity index (χ1v) is 5.98. The average molecular weight is 263 g/mol. The molecule has 3 N–H and O–H groups in total. The lowest BCUT2D eigenvalue weighted by atomic mass is 10.00. The number of nitrogens with two attached hydrogens (primary N) is 1. The molecule has 1 atom stereocenters. The summed E-state index contributed by atoms with van der Waals surface area (Å²) < 4.78 is 26.4. The summed E-state index contributed by atoms with van der Waals surface area (Å²) in [6.45, 7) is 0. The smallest absolute Gasteiger partial charge is 0.129 e. The van der Waals surface area contributed by atoms with E-state index < -0.39 is 11.6 Å². The van der Waals surface area contributed by atoms with Crippen LogP contribution in [0.5, 0.6) is 0 Å². The van der Waals surface area contributed by atoms with Gasteiger partial charge in [-0.05, 0) is 36.1 Å². The van der Waals surface area contributed by atoms with Crippen LogP contribution in [0.2, 0.25) is 0 Å². The third-order valence-electron chi connectivity index (χ3n) is 2.92. The lowest BCUT2D eigenvalue weighted by Gasteiger charge is -2.16. The second-order valence-electron chi connectivity index (χ2n) is 4.37. The first kappa shape index (κ1) is 13.6. The van der Waals surface area contributed by atoms with E-state index in [1.807, 2.05) is 12.1 Å². The van der Waals surface area contributed by atoms with Crippen LogP contribution in [0.4, 0.5) is 8.78 Å². The van der Waals surface area contributed by atoms with E-state index in [1.54, 1.807) is 12.4 Å². The van der Waals surface area contributed by atoms with Crippen LogP contribution in [0.25, 0.3) is 0 Å². The maximum Gasteiger partial charge on any atom is 0.129 e. The molecular formula is C14H15F2N3. The second-order valence-corrected chi connectivity index (χ2v) is 4.37. The first-order valence-electron chi connectivity index (χ1n) is 5.98. The van der Waals surface area contributed by atoms with Crippen molar-refractivity contribution in [3.63, 3.8) is 0 Å². The van der Waals surface area contributed by atoms with Gasteiger partial charge in [0.2, 0.25) is 0 Å². The number of pyridine rings is 1. The molecule has 0 spiro atoms. The fourth-order valence-corrected chi connectivity index (χ4v) is 1.95. The van der Waals surface area contributed by atoms with Crippen molar-refractivity contribution in [1.82, 2.24) is 10.4 Å². The van der Waals surface area contributed by atoms with Crippen LogP contribution in [0.3, 0.4) is 0 Å². The van der Waals surface area contributed by atoms with Crippen LogP contribution in [-0.4, -0.2) is 11.0 Å². The summed E-state index contributed by atoms with van der Waals surface area (Å²) >= 11 is 0. The Kier molecular flexibility index (Phi) is 4.54. The number of benzene rings is 1. The van der Waals surface area contributed by atoms with Gasteiger partial charge < -0.3 is 0 Å². The molecule has 0 aliphatic heterocycles. The van der Waals surface area contributed by atoms with E-state index >= 15 is 0 Å². The van der Waals surface area contributed by atoms with Crippen molar-refractivity contribution in [1.29, 1.82) is 0 Å². The fourth-order valence-electron chi connectivity index (χ4n) is 1.95. The number of nitrogens with one attached hydrogen (secondary N) is 1. The minimum Gasteiger partial charge on any atom is -0.271 e. The van der Waals surface area contributed by atoms with Crippen LogP contribution >= 0.6 is 0 Å². The summed E-state index contributed by atoms with van der Waals surface area (Å²) in [5, 5.41) is 0. The van der Waals surface area contributed by atoms with E-state index in [9.17, 15) is 8.78 Å². The molecule has 19 heavy (non-hydrogen) atoms. The molecule has 3 nitrogen and oxygen atoms in total. The summed E-state index contributed by atoms with van der Waals surface area (Å²) in [5.41, 5.74) is 4.10. The number of nitrogens with zero attached hydrogens (tertiary/aromatic N) is 1. The monoisotopic (exact) mass is 263 g/mol. The molecule has 0 saturated carbocycles. The van der Waals surface area contributed by atoms with E-state index in [0.29, 0.717) is 18.4 Å². The maximum absolute atomic E-state index is 13.6. The molecule has 0 bridgehead atoms. The minimum absolute atomic E-state index is 0.135. The van der Waals surface area contributed by atoms with Crippen LogP contribution in [0.1, 0.15) is 11.1 Å². The molecule has 0 aliphatic rings. The van der Waals surface area contributed by atoms with Gasteiger partial charge in [0.05, 0.1) is 0 Å². The molecule has 1 unspecified atom stereocenters. The maximum atomic E-state index is 13.6. The first-order chi connectivity index (χ1) is 9.19. The van der Waals surface area contributed by atoms with E-state index in [1.165, 1.54) is 12.1 Å². The van der Waals surface area contributed by atoms with Gasteiger partial charge in [-0.25, -0.2) is 8.78 Å². The van der Waals surface area contributed by atoms with Gasteiger partial charge in [0.15, 0.2) is 0 Å². The van der Waals surface area contributed by atoms with Crippen molar-refractivity contribution in [3.8, 4) is 0 Å². The van der Waals surface area contributed by atoms with E-state index in [-0.39, 0.29) is 6.04 Å². The molecule has 0 radical (unpaired) electrons. The largest absolute Gasteiger partial charge is 0.271 e. The van der Waals surface area contributed by atoms with Crippen molar-refractivity contribution in [2.45, 2.75) is 18.9 Å². The predicted molar refractivity (Wildman–Crippen MR) is 69.1 cm³/mol. The van der Waals surface area contributed by atoms with E-state index in [2.05, 4.69) is 10.4 Å². The number of rotatable bonds is 5. The number of hydrazine groups is 1. The van der Waals surface area contributed by atoms with Crippen LogP contribution < -0.4 is 11.3 Å². The molecule has 0 amide bonds. The zero-order valence-electron chi connectivity index (χ0n) is 10.3. The summed E-state index contributed by atoms with van der Waals surface area (Å²) in [6, 6.07) is 7.20. The van der Waals surface area contributed by atoms with Gasteiger partial charge in [0.25, 0.3) is 0 Å². The Labute approximate surface area is 110 Å². The number of hydrogen-bond donors (Lipinski definition) is 2. The Morgan fingerprint density at radius 2 is 2.05 bits per heavy atom. The zero-order chi connectivity index (χ0) is 13.7. The molecule has 1 aromatic heterocycles. The highest BCUT2D eigenvalue weighted by Crippen LogP contribution is 2.13. The van der Waals surface area contributed by atoms with Crippen molar-refractivity contribution in [3.05, 3.63) is 65.5 Å². The molecule has 0 fully saturated rings. The molecule has 100 valence electrons. The summed E-state index contributed by atoms with van der Waals surface area (Å²) in [6.07, 6.45) is 4.44. The van der Waals surface area contributed by atoms with Gasteiger partial charge in [-0.15, -0.1) is 0 Å². The number of halogens is 2. The molecule has 2 aromatic rings. The van der Waals surface area contributed by atoms with Crippen LogP contribution in [-0.2, 0) is 12.8 Å². The highest BCUT2D eigenvalue weighted by Gasteiger charge is 2.12. The Morgan fingerprint density at radius 3 is 2.68 bits per heavy atom. The Hall–Kier alpha value is -1.85. The Balaban J connectivity index is 2.06. The Morgan fingerprint density at radius 1 is 1.21 bits per heavy atom. The summed E-state index contributed by atoms with van der Waals surface area (Å²) in [5.74, 6) is 4.35. The molecule has 2 rings (SSSR count). The van der Waals surface area contributed by atoms with Crippen LogP contribution in [0.15, 0.2) is 42.7 Å². The minimum atomic E-state index is -0.578. The summed E-state index contributed by atoms with van der Waals surface area (Å²) in [4.78, 5) is 4.02. The molecule has 0 saturated heterocycles. The highest BCUT2D eigenvalue weighted by molar-refractivity contribution is 5.20. The second kappa shape index (κ2) is 6.36. The van der Waals surface area contributed by atoms with Crippen molar-refractivity contribution >= 4 is 0 Å². The van der Waals surface area contributed by atoms with Crippen molar-refractivity contribution < 1.29 is 8.78 Å². The SMILES string of the molecule is NNC(Cc1cccnc1)Cc1ccc(F)cc1F. The topological polar surface area (TPSA) is 50.9 Å². The Bertz CT molecular complexity index is 531. The average Bonchev–Trinajstić information content (AvgIpc) is 2.42. The van der Waals surface area contributed by atoms with Gasteiger partial charge in [-0.2, -0.15) is 0 Å². The fraction of sp³-hybridized carbons (Fsp3) is 0.214. The lowest BCUT2D eigenvalue weighted by molar-refractivity contribution is 0.502. The summed E-state index contributed by atoms with van der Waals surface area (Å²) in [7, 11) is 0. The van der Waals surface area contributed by atoms with Gasteiger partial charge in [-0.1, -0.05) is 12.1 Å². The lowest BCUT2D eigenvalue weighted by Crippen LogP contribution is -2.38. The highest BCUT2D eigenvalue weighted by atomic mass is 19.1. The standard InChI is InChI=1S/C14H15F2N3/c15-12-4-3-11(14(16)8-12)7-13(19-17)6-10-2-1-5-18-9-10/h1-5,8-9,13,19H,6-7,17H2. The number of aromatic nitrogens is 1. The van der Waals surface area contributed by atoms with Crippen molar-refractivity contribution in [2.75, 3.05) is 0 Å². The van der Waals surface area contributed by atoms with Gasteiger partial charge in [0.1, 0.15) is 11.6 Å². The quantitative estimate of drug-likeness (QED) is 0.640. The van der Waals surface area contributed by atoms with Crippen molar-refractivity contribution in [2.24, 2.45) is 5.84 Å². The molecular weight excluding hydrogens is 248 g/mol. The van der Waals surface area contributed by atoms with E-state index in [4.69, 9.17) is 5.84 Å². The molecule has 1 aromatic carbocycles. The third-order valence-corrected chi connectivity index (χ3v) is 2.92. The van der Waals surface area contributed by atoms with Crippen LogP contribution in [0, 0.1) is 11.6 Å².